The van der Waals surface area contributed by atoms with E-state index in [9.17, 15) is 4.79 Å². The van der Waals surface area contributed by atoms with Gasteiger partial charge in [0, 0.05) is 19.6 Å². The number of ether oxygens (including phenoxy) is 1. The van der Waals surface area contributed by atoms with Crippen LogP contribution in [0.2, 0.25) is 0 Å². The van der Waals surface area contributed by atoms with Crippen LogP contribution in [0.25, 0.3) is 0 Å². The molecule has 116 valence electrons. The van der Waals surface area contributed by atoms with Gasteiger partial charge in [-0.1, -0.05) is 26.0 Å². The fraction of sp³-hybridized carbons (Fsp3) is 0.588. The average molecular weight is 290 g/mol. The first-order valence-electron chi connectivity index (χ1n) is 7.70. The van der Waals surface area contributed by atoms with Crippen molar-refractivity contribution in [2.75, 3.05) is 19.7 Å². The normalized spacial score (nSPS) is 18.1. The SMILES string of the molecule is CC1(C)CCCN(C(=O)COc2ccc(CN)cc2)CC1. The van der Waals surface area contributed by atoms with Gasteiger partial charge in [-0.25, -0.2) is 0 Å². The zero-order valence-electron chi connectivity index (χ0n) is 13.1. The molecule has 2 rings (SSSR count). The minimum Gasteiger partial charge on any atom is -0.484 e. The molecule has 1 heterocycles. The number of rotatable bonds is 4. The Kier molecular flexibility index (Phi) is 5.23. The maximum absolute atomic E-state index is 12.2. The Hall–Kier alpha value is -1.55. The molecule has 0 saturated carbocycles. The van der Waals surface area contributed by atoms with E-state index in [1.165, 1.54) is 6.42 Å². The van der Waals surface area contributed by atoms with Crippen LogP contribution in [0.4, 0.5) is 0 Å². The summed E-state index contributed by atoms with van der Waals surface area (Å²) in [5.41, 5.74) is 6.95. The number of nitrogens with zero attached hydrogens (tertiary/aromatic N) is 1. The highest BCUT2D eigenvalue weighted by Gasteiger charge is 2.25. The third-order valence-electron chi connectivity index (χ3n) is 4.21. The number of hydrogen-bond acceptors (Lipinski definition) is 3. The van der Waals surface area contributed by atoms with E-state index in [4.69, 9.17) is 10.5 Å². The van der Waals surface area contributed by atoms with Crippen LogP contribution in [0.15, 0.2) is 24.3 Å². The second-order valence-corrected chi connectivity index (χ2v) is 6.54. The minimum absolute atomic E-state index is 0.0793. The molecule has 0 radical (unpaired) electrons. The van der Waals surface area contributed by atoms with Crippen molar-refractivity contribution in [1.82, 2.24) is 4.90 Å². The lowest BCUT2D eigenvalue weighted by Crippen LogP contribution is -2.36. The Morgan fingerprint density at radius 1 is 1.24 bits per heavy atom. The minimum atomic E-state index is 0.0793. The van der Waals surface area contributed by atoms with Gasteiger partial charge in [0.15, 0.2) is 6.61 Å². The lowest BCUT2D eigenvalue weighted by molar-refractivity contribution is -0.133. The Balaban J connectivity index is 1.83. The second kappa shape index (κ2) is 6.94. The molecule has 0 aromatic heterocycles. The summed E-state index contributed by atoms with van der Waals surface area (Å²) in [6.45, 7) is 6.86. The molecule has 2 N–H and O–H groups in total. The molecule has 4 heteroatoms. The summed E-state index contributed by atoms with van der Waals surface area (Å²) in [6, 6.07) is 7.57. The number of benzene rings is 1. The molecule has 1 aliphatic heterocycles. The summed E-state index contributed by atoms with van der Waals surface area (Å²) in [6.07, 6.45) is 3.31. The van der Waals surface area contributed by atoms with Crippen LogP contribution in [-0.2, 0) is 11.3 Å². The molecule has 1 aromatic carbocycles. The van der Waals surface area contributed by atoms with Crippen molar-refractivity contribution in [3.8, 4) is 5.75 Å². The molecule has 1 aliphatic rings. The van der Waals surface area contributed by atoms with E-state index in [-0.39, 0.29) is 12.5 Å². The van der Waals surface area contributed by atoms with Crippen LogP contribution < -0.4 is 10.5 Å². The molecule has 0 spiro atoms. The van der Waals surface area contributed by atoms with E-state index in [1.807, 2.05) is 29.2 Å². The van der Waals surface area contributed by atoms with Gasteiger partial charge < -0.3 is 15.4 Å². The van der Waals surface area contributed by atoms with Crippen LogP contribution in [0.5, 0.6) is 5.75 Å². The summed E-state index contributed by atoms with van der Waals surface area (Å²) >= 11 is 0. The van der Waals surface area contributed by atoms with E-state index in [0.29, 0.717) is 12.0 Å². The van der Waals surface area contributed by atoms with Gasteiger partial charge in [0.1, 0.15) is 5.75 Å². The highest BCUT2D eigenvalue weighted by molar-refractivity contribution is 5.77. The molecule has 1 fully saturated rings. The van der Waals surface area contributed by atoms with Gasteiger partial charge in [-0.2, -0.15) is 0 Å². The number of hydrogen-bond donors (Lipinski definition) is 1. The van der Waals surface area contributed by atoms with Gasteiger partial charge in [-0.3, -0.25) is 4.79 Å². The molecule has 1 amide bonds. The molecular formula is C17H26N2O2. The first-order chi connectivity index (χ1) is 10.00. The summed E-state index contributed by atoms with van der Waals surface area (Å²) in [4.78, 5) is 14.2. The molecule has 1 saturated heterocycles. The van der Waals surface area contributed by atoms with Crippen LogP contribution in [-0.4, -0.2) is 30.5 Å². The number of likely N-dealkylation sites (tertiary alicyclic amines) is 1. The first kappa shape index (κ1) is 15.8. The quantitative estimate of drug-likeness (QED) is 0.927. The third kappa shape index (κ3) is 4.74. The zero-order valence-corrected chi connectivity index (χ0v) is 13.1. The Morgan fingerprint density at radius 3 is 2.62 bits per heavy atom. The number of amides is 1. The van der Waals surface area contributed by atoms with Gasteiger partial charge in [0.25, 0.3) is 5.91 Å². The summed E-state index contributed by atoms with van der Waals surface area (Å²) in [5, 5.41) is 0. The smallest absolute Gasteiger partial charge is 0.260 e. The summed E-state index contributed by atoms with van der Waals surface area (Å²) < 4.78 is 5.58. The third-order valence-corrected chi connectivity index (χ3v) is 4.21. The lowest BCUT2D eigenvalue weighted by Gasteiger charge is -2.23. The molecule has 1 aromatic rings. The fourth-order valence-corrected chi connectivity index (χ4v) is 2.63. The number of nitrogens with two attached hydrogens (primary N) is 1. The molecule has 0 unspecified atom stereocenters. The zero-order chi connectivity index (χ0) is 15.3. The van der Waals surface area contributed by atoms with Crippen molar-refractivity contribution in [3.05, 3.63) is 29.8 Å². The number of carbonyl (C=O) groups excluding carboxylic acids is 1. The van der Waals surface area contributed by atoms with Gasteiger partial charge in [-0.05, 0) is 42.4 Å². The Morgan fingerprint density at radius 2 is 1.95 bits per heavy atom. The van der Waals surface area contributed by atoms with E-state index < -0.39 is 0 Å². The van der Waals surface area contributed by atoms with E-state index >= 15 is 0 Å². The average Bonchev–Trinajstić information content (AvgIpc) is 2.66. The Labute approximate surface area is 127 Å². The van der Waals surface area contributed by atoms with Gasteiger partial charge in [0.2, 0.25) is 0 Å². The van der Waals surface area contributed by atoms with E-state index in [2.05, 4.69) is 13.8 Å². The Bertz CT molecular complexity index is 468. The fourth-order valence-electron chi connectivity index (χ4n) is 2.63. The monoisotopic (exact) mass is 290 g/mol. The van der Waals surface area contributed by atoms with Gasteiger partial charge >= 0.3 is 0 Å². The van der Waals surface area contributed by atoms with Crippen LogP contribution in [0.1, 0.15) is 38.7 Å². The largest absolute Gasteiger partial charge is 0.484 e. The van der Waals surface area contributed by atoms with E-state index in [1.54, 1.807) is 0 Å². The van der Waals surface area contributed by atoms with Crippen molar-refractivity contribution in [2.24, 2.45) is 11.1 Å². The lowest BCUT2D eigenvalue weighted by atomic mass is 9.85. The first-order valence-corrected chi connectivity index (χ1v) is 7.70. The van der Waals surface area contributed by atoms with Crippen molar-refractivity contribution in [3.63, 3.8) is 0 Å². The van der Waals surface area contributed by atoms with Crippen LogP contribution in [0.3, 0.4) is 0 Å². The van der Waals surface area contributed by atoms with Crippen molar-refractivity contribution in [2.45, 2.75) is 39.7 Å². The maximum Gasteiger partial charge on any atom is 0.260 e. The highest BCUT2D eigenvalue weighted by Crippen LogP contribution is 2.29. The van der Waals surface area contributed by atoms with E-state index in [0.717, 1.165) is 37.2 Å². The van der Waals surface area contributed by atoms with Gasteiger partial charge in [-0.15, -0.1) is 0 Å². The molecular weight excluding hydrogens is 264 g/mol. The molecule has 0 aliphatic carbocycles. The van der Waals surface area contributed by atoms with Crippen molar-refractivity contribution < 1.29 is 9.53 Å². The predicted molar refractivity (Wildman–Crippen MR) is 84.0 cm³/mol. The standard InChI is InChI=1S/C17H26N2O2/c1-17(2)8-3-10-19(11-9-17)16(20)13-21-15-6-4-14(12-18)5-7-15/h4-7H,3,8-13,18H2,1-2H3. The van der Waals surface area contributed by atoms with Crippen LogP contribution >= 0.6 is 0 Å². The van der Waals surface area contributed by atoms with Crippen molar-refractivity contribution in [1.29, 1.82) is 0 Å². The molecule has 4 nitrogen and oxygen atoms in total. The van der Waals surface area contributed by atoms with Gasteiger partial charge in [0.05, 0.1) is 0 Å². The summed E-state index contributed by atoms with van der Waals surface area (Å²) in [7, 11) is 0. The van der Waals surface area contributed by atoms with Crippen LogP contribution in [0, 0.1) is 5.41 Å². The molecule has 21 heavy (non-hydrogen) atoms. The second-order valence-electron chi connectivity index (χ2n) is 6.54. The maximum atomic E-state index is 12.2. The number of carbonyl (C=O) groups is 1. The molecule has 0 bridgehead atoms. The molecule has 0 atom stereocenters. The highest BCUT2D eigenvalue weighted by atomic mass is 16.5. The van der Waals surface area contributed by atoms with Crippen molar-refractivity contribution >= 4 is 5.91 Å². The summed E-state index contributed by atoms with van der Waals surface area (Å²) in [5.74, 6) is 0.798. The topological polar surface area (TPSA) is 55.6 Å². The predicted octanol–water partition coefficient (Wildman–Crippen LogP) is 2.56.